The second-order valence-corrected chi connectivity index (χ2v) is 8.67. The Bertz CT molecular complexity index is 504. The molecule has 1 unspecified atom stereocenters. The Hall–Kier alpha value is 0.610. The smallest absolute Gasteiger partial charge is 0.107 e. The number of thiophene rings is 2. The van der Waals surface area contributed by atoms with Gasteiger partial charge in [-0.2, -0.15) is 0 Å². The molecule has 1 N–H and O–H groups in total. The van der Waals surface area contributed by atoms with E-state index in [1.165, 1.54) is 10.4 Å². The van der Waals surface area contributed by atoms with Gasteiger partial charge in [0.25, 0.3) is 0 Å². The molecule has 0 aromatic carbocycles. The van der Waals surface area contributed by atoms with Gasteiger partial charge in [-0.25, -0.2) is 0 Å². The Morgan fingerprint density at radius 1 is 1.39 bits per heavy atom. The first-order valence-corrected chi connectivity index (χ1v) is 9.20. The Labute approximate surface area is 137 Å². The topological polar surface area (TPSA) is 12.0 Å². The highest BCUT2D eigenvalue weighted by Crippen LogP contribution is 2.38. The van der Waals surface area contributed by atoms with Gasteiger partial charge < -0.3 is 5.32 Å². The molecule has 2 heterocycles. The lowest BCUT2D eigenvalue weighted by molar-refractivity contribution is 0.607. The van der Waals surface area contributed by atoms with Gasteiger partial charge in [0, 0.05) is 9.35 Å². The summed E-state index contributed by atoms with van der Waals surface area (Å²) in [5.41, 5.74) is 1.28. The summed E-state index contributed by atoms with van der Waals surface area (Å²) in [5.74, 6) is 0. The maximum atomic E-state index is 6.14. The molecule has 0 spiro atoms. The summed E-state index contributed by atoms with van der Waals surface area (Å²) in [6.45, 7) is 3.16. The number of nitrogens with one attached hydrogen (secondary N) is 1. The predicted octanol–water partition coefficient (Wildman–Crippen LogP) is 6.08. The van der Waals surface area contributed by atoms with Gasteiger partial charge in [-0.1, -0.05) is 18.5 Å². The van der Waals surface area contributed by atoms with Crippen molar-refractivity contribution in [3.63, 3.8) is 0 Å². The Morgan fingerprint density at radius 2 is 2.17 bits per heavy atom. The molecule has 0 fully saturated rings. The molecular weight excluding hydrogens is 418 g/mol. The van der Waals surface area contributed by atoms with Gasteiger partial charge in [0.2, 0.25) is 0 Å². The van der Waals surface area contributed by atoms with Gasteiger partial charge >= 0.3 is 0 Å². The lowest BCUT2D eigenvalue weighted by Gasteiger charge is -2.15. The third-order valence-corrected chi connectivity index (χ3v) is 6.53. The third-order valence-electron chi connectivity index (χ3n) is 2.47. The van der Waals surface area contributed by atoms with E-state index in [-0.39, 0.29) is 6.04 Å². The van der Waals surface area contributed by atoms with Gasteiger partial charge in [0.05, 0.1) is 9.83 Å². The van der Waals surface area contributed by atoms with Crippen molar-refractivity contribution in [2.75, 3.05) is 6.54 Å². The first kappa shape index (κ1) is 15.0. The van der Waals surface area contributed by atoms with E-state index in [1.54, 1.807) is 22.7 Å². The molecule has 0 aliphatic rings. The summed E-state index contributed by atoms with van der Waals surface area (Å²) in [6, 6.07) is 4.49. The van der Waals surface area contributed by atoms with Crippen LogP contribution in [-0.4, -0.2) is 6.54 Å². The van der Waals surface area contributed by atoms with Crippen LogP contribution in [0.5, 0.6) is 0 Å². The van der Waals surface area contributed by atoms with Crippen LogP contribution in [0.25, 0.3) is 0 Å². The standard InChI is InChI=1S/C12H12Br2ClNS2/c1-2-3-16-11(7-4-10(14)17-6-7)9-5-8(13)12(15)18-9/h4-6,11,16H,2-3H2,1H3. The van der Waals surface area contributed by atoms with E-state index >= 15 is 0 Å². The fourth-order valence-corrected chi connectivity index (χ4v) is 4.69. The zero-order chi connectivity index (χ0) is 13.1. The van der Waals surface area contributed by atoms with Gasteiger partial charge in [0.15, 0.2) is 0 Å². The molecular formula is C12H12Br2ClNS2. The lowest BCUT2D eigenvalue weighted by atomic mass is 10.1. The minimum atomic E-state index is 0.223. The van der Waals surface area contributed by atoms with E-state index in [0.717, 1.165) is 25.6 Å². The minimum Gasteiger partial charge on any atom is -0.306 e. The van der Waals surface area contributed by atoms with Gasteiger partial charge in [-0.05, 0) is 67.9 Å². The third kappa shape index (κ3) is 3.58. The van der Waals surface area contributed by atoms with Crippen molar-refractivity contribution in [1.82, 2.24) is 5.32 Å². The Kier molecular flexibility index (Phi) is 5.72. The normalized spacial score (nSPS) is 12.9. The molecule has 98 valence electrons. The van der Waals surface area contributed by atoms with E-state index in [0.29, 0.717) is 0 Å². The average Bonchev–Trinajstić information content (AvgIpc) is 2.88. The van der Waals surface area contributed by atoms with Crippen LogP contribution in [0.2, 0.25) is 4.34 Å². The van der Waals surface area contributed by atoms with Crippen LogP contribution in [-0.2, 0) is 0 Å². The number of halogens is 3. The van der Waals surface area contributed by atoms with Crippen molar-refractivity contribution in [3.8, 4) is 0 Å². The van der Waals surface area contributed by atoms with Crippen molar-refractivity contribution in [2.45, 2.75) is 19.4 Å². The van der Waals surface area contributed by atoms with Gasteiger partial charge in [-0.3, -0.25) is 0 Å². The zero-order valence-electron chi connectivity index (χ0n) is 9.67. The molecule has 0 saturated heterocycles. The molecule has 2 aromatic rings. The highest BCUT2D eigenvalue weighted by molar-refractivity contribution is 9.11. The summed E-state index contributed by atoms with van der Waals surface area (Å²) in [6.07, 6.45) is 1.11. The summed E-state index contributed by atoms with van der Waals surface area (Å²) in [5, 5.41) is 5.75. The molecule has 2 aromatic heterocycles. The molecule has 0 bridgehead atoms. The molecule has 6 heteroatoms. The van der Waals surface area contributed by atoms with Gasteiger partial charge in [-0.15, -0.1) is 22.7 Å². The van der Waals surface area contributed by atoms with Crippen LogP contribution >= 0.6 is 66.1 Å². The van der Waals surface area contributed by atoms with Crippen molar-refractivity contribution in [3.05, 3.63) is 40.5 Å². The van der Waals surface area contributed by atoms with Crippen LogP contribution in [0.3, 0.4) is 0 Å². The molecule has 1 atom stereocenters. The number of rotatable bonds is 5. The SMILES string of the molecule is CCCNC(c1csc(Br)c1)c1cc(Br)c(Cl)s1. The monoisotopic (exact) mass is 427 g/mol. The van der Waals surface area contributed by atoms with Crippen LogP contribution in [0.4, 0.5) is 0 Å². The van der Waals surface area contributed by atoms with Gasteiger partial charge in [0.1, 0.15) is 4.34 Å². The highest BCUT2D eigenvalue weighted by Gasteiger charge is 2.18. The maximum Gasteiger partial charge on any atom is 0.107 e. The minimum absolute atomic E-state index is 0.223. The van der Waals surface area contributed by atoms with E-state index in [2.05, 4.69) is 61.6 Å². The molecule has 0 aliphatic heterocycles. The maximum absolute atomic E-state index is 6.14. The number of hydrogen-bond acceptors (Lipinski definition) is 3. The molecule has 1 nitrogen and oxygen atoms in total. The van der Waals surface area contributed by atoms with Crippen molar-refractivity contribution in [1.29, 1.82) is 0 Å². The van der Waals surface area contributed by atoms with E-state index in [1.807, 2.05) is 0 Å². The summed E-state index contributed by atoms with van der Waals surface area (Å²) in [7, 11) is 0. The summed E-state index contributed by atoms with van der Waals surface area (Å²) in [4.78, 5) is 1.24. The van der Waals surface area contributed by atoms with E-state index in [9.17, 15) is 0 Å². The summed E-state index contributed by atoms with van der Waals surface area (Å²) >= 11 is 16.5. The fourth-order valence-electron chi connectivity index (χ4n) is 1.65. The van der Waals surface area contributed by atoms with E-state index in [4.69, 9.17) is 11.6 Å². The first-order valence-electron chi connectivity index (χ1n) is 5.54. The van der Waals surface area contributed by atoms with Crippen molar-refractivity contribution < 1.29 is 0 Å². The number of hydrogen-bond donors (Lipinski definition) is 1. The Balaban J connectivity index is 2.30. The van der Waals surface area contributed by atoms with Crippen LogP contribution in [0.15, 0.2) is 25.8 Å². The second-order valence-electron chi connectivity index (χ2n) is 3.84. The second kappa shape index (κ2) is 6.86. The Morgan fingerprint density at radius 3 is 2.67 bits per heavy atom. The highest BCUT2D eigenvalue weighted by atomic mass is 79.9. The molecule has 2 rings (SSSR count). The molecule has 18 heavy (non-hydrogen) atoms. The lowest BCUT2D eigenvalue weighted by Crippen LogP contribution is -2.21. The quantitative estimate of drug-likeness (QED) is 0.608. The molecule has 0 radical (unpaired) electrons. The molecule has 0 saturated carbocycles. The molecule has 0 amide bonds. The van der Waals surface area contributed by atoms with Crippen LogP contribution in [0.1, 0.15) is 29.8 Å². The summed E-state index contributed by atoms with van der Waals surface area (Å²) < 4.78 is 2.94. The first-order chi connectivity index (χ1) is 8.61. The average molecular weight is 430 g/mol. The fraction of sp³-hybridized carbons (Fsp3) is 0.333. The van der Waals surface area contributed by atoms with Crippen LogP contribution in [0, 0.1) is 0 Å². The zero-order valence-corrected chi connectivity index (χ0v) is 15.2. The largest absolute Gasteiger partial charge is 0.306 e. The van der Waals surface area contributed by atoms with Crippen LogP contribution < -0.4 is 5.32 Å². The molecule has 0 aliphatic carbocycles. The predicted molar refractivity (Wildman–Crippen MR) is 89.2 cm³/mol. The van der Waals surface area contributed by atoms with Crippen molar-refractivity contribution in [2.24, 2.45) is 0 Å². The van der Waals surface area contributed by atoms with Crippen molar-refractivity contribution >= 4 is 66.1 Å². The van der Waals surface area contributed by atoms with E-state index < -0.39 is 0 Å².